The van der Waals surface area contributed by atoms with Crippen LogP contribution in [0.1, 0.15) is 20.8 Å². The third-order valence-electron chi connectivity index (χ3n) is 2.53. The van der Waals surface area contributed by atoms with Gasteiger partial charge in [0, 0.05) is 12.1 Å². The normalized spacial score (nSPS) is 22.2. The van der Waals surface area contributed by atoms with Gasteiger partial charge in [-0.05, 0) is 20.8 Å². The van der Waals surface area contributed by atoms with Gasteiger partial charge < -0.3 is 20.1 Å². The average molecular weight is 230 g/mol. The molecular weight excluding hydrogens is 208 g/mol. The highest BCUT2D eigenvalue weighted by Crippen LogP contribution is 2.07. The molecule has 1 unspecified atom stereocenters. The van der Waals surface area contributed by atoms with Crippen LogP contribution in [0.5, 0.6) is 0 Å². The van der Waals surface area contributed by atoms with Gasteiger partial charge in [-0.2, -0.15) is 0 Å². The Hall–Kier alpha value is -0.650. The Bertz CT molecular complexity index is 238. The van der Waals surface area contributed by atoms with Crippen molar-refractivity contribution in [3.8, 4) is 0 Å². The van der Waals surface area contributed by atoms with Crippen LogP contribution in [0.2, 0.25) is 0 Å². The minimum Gasteiger partial charge on any atom is -0.394 e. The van der Waals surface area contributed by atoms with E-state index >= 15 is 0 Å². The lowest BCUT2D eigenvalue weighted by molar-refractivity contribution is -0.140. The lowest BCUT2D eigenvalue weighted by Gasteiger charge is -2.35. The zero-order chi connectivity index (χ0) is 12.2. The number of carbonyl (C=O) groups excluding carboxylic acids is 1. The summed E-state index contributed by atoms with van der Waals surface area (Å²) in [6.07, 6.45) is 0. The summed E-state index contributed by atoms with van der Waals surface area (Å²) in [5.74, 6) is 0.0253. The number of hydrogen-bond acceptors (Lipinski definition) is 4. The van der Waals surface area contributed by atoms with E-state index < -0.39 is 0 Å². The minimum atomic E-state index is -0.192. The topological polar surface area (TPSA) is 61.8 Å². The van der Waals surface area contributed by atoms with Crippen LogP contribution in [0.3, 0.4) is 0 Å². The molecule has 5 nitrogen and oxygen atoms in total. The Balaban J connectivity index is 2.45. The first-order chi connectivity index (χ1) is 7.44. The van der Waals surface area contributed by atoms with Gasteiger partial charge >= 0.3 is 0 Å². The first-order valence-electron chi connectivity index (χ1n) is 5.67. The quantitative estimate of drug-likeness (QED) is 0.692. The van der Waals surface area contributed by atoms with Gasteiger partial charge in [0.15, 0.2) is 0 Å². The molecule has 0 aromatic heterocycles. The van der Waals surface area contributed by atoms with Crippen LogP contribution in [0, 0.1) is 0 Å². The van der Waals surface area contributed by atoms with Gasteiger partial charge in [-0.1, -0.05) is 0 Å². The third-order valence-corrected chi connectivity index (χ3v) is 2.53. The fraction of sp³-hybridized carbons (Fsp3) is 0.909. The number of rotatable bonds is 3. The van der Waals surface area contributed by atoms with Crippen LogP contribution in [0.25, 0.3) is 0 Å². The molecule has 16 heavy (non-hydrogen) atoms. The maximum absolute atomic E-state index is 11.9. The molecule has 0 bridgehead atoms. The number of nitrogens with zero attached hydrogens (tertiary/aromatic N) is 1. The van der Waals surface area contributed by atoms with E-state index in [1.807, 2.05) is 20.8 Å². The summed E-state index contributed by atoms with van der Waals surface area (Å²) in [6.45, 7) is 7.86. The summed E-state index contributed by atoms with van der Waals surface area (Å²) in [5.41, 5.74) is -0.0728. The van der Waals surface area contributed by atoms with Gasteiger partial charge in [0.2, 0.25) is 5.91 Å². The van der Waals surface area contributed by atoms with Crippen LogP contribution < -0.4 is 5.32 Å². The van der Waals surface area contributed by atoms with Crippen molar-refractivity contribution in [2.75, 3.05) is 32.9 Å². The molecule has 1 saturated heterocycles. The van der Waals surface area contributed by atoms with Crippen LogP contribution in [0.15, 0.2) is 0 Å². The molecule has 1 atom stereocenters. The highest BCUT2D eigenvalue weighted by Gasteiger charge is 2.26. The fourth-order valence-electron chi connectivity index (χ4n) is 1.58. The van der Waals surface area contributed by atoms with Crippen LogP contribution in [0.4, 0.5) is 0 Å². The second kappa shape index (κ2) is 5.61. The Kier molecular flexibility index (Phi) is 4.70. The fourth-order valence-corrected chi connectivity index (χ4v) is 1.58. The minimum absolute atomic E-state index is 0.0253. The molecule has 1 rings (SSSR count). The van der Waals surface area contributed by atoms with Gasteiger partial charge in [0.05, 0.1) is 32.4 Å². The Morgan fingerprint density at radius 1 is 1.56 bits per heavy atom. The van der Waals surface area contributed by atoms with Crippen molar-refractivity contribution in [2.45, 2.75) is 32.4 Å². The molecule has 0 radical (unpaired) electrons. The van der Waals surface area contributed by atoms with Gasteiger partial charge in [0.1, 0.15) is 0 Å². The van der Waals surface area contributed by atoms with E-state index in [1.54, 1.807) is 4.90 Å². The summed E-state index contributed by atoms with van der Waals surface area (Å²) < 4.78 is 5.22. The number of aliphatic hydroxyl groups excluding tert-OH is 1. The van der Waals surface area contributed by atoms with Gasteiger partial charge in [-0.15, -0.1) is 0 Å². The number of aliphatic hydroxyl groups is 1. The monoisotopic (exact) mass is 230 g/mol. The second-order valence-electron chi connectivity index (χ2n) is 5.10. The molecule has 0 saturated carbocycles. The lowest BCUT2D eigenvalue weighted by atomic mass is 10.1. The number of morpholine rings is 1. The Morgan fingerprint density at radius 2 is 2.25 bits per heavy atom. The predicted octanol–water partition coefficient (Wildman–Crippen LogP) is -0.406. The van der Waals surface area contributed by atoms with Crippen LogP contribution >= 0.6 is 0 Å². The van der Waals surface area contributed by atoms with E-state index in [0.717, 1.165) is 0 Å². The van der Waals surface area contributed by atoms with Crippen molar-refractivity contribution >= 4 is 5.91 Å². The van der Waals surface area contributed by atoms with Crippen molar-refractivity contribution in [1.29, 1.82) is 0 Å². The van der Waals surface area contributed by atoms with Crippen molar-refractivity contribution in [2.24, 2.45) is 0 Å². The molecule has 1 aliphatic rings. The van der Waals surface area contributed by atoms with E-state index in [0.29, 0.717) is 26.3 Å². The van der Waals surface area contributed by atoms with Gasteiger partial charge in [0.25, 0.3) is 0 Å². The van der Waals surface area contributed by atoms with Crippen molar-refractivity contribution in [1.82, 2.24) is 10.2 Å². The zero-order valence-electron chi connectivity index (χ0n) is 10.3. The predicted molar refractivity (Wildman–Crippen MR) is 61.2 cm³/mol. The molecule has 0 aromatic rings. The smallest absolute Gasteiger partial charge is 0.237 e. The molecule has 2 N–H and O–H groups in total. The average Bonchev–Trinajstić information content (AvgIpc) is 2.25. The number of hydrogen-bond donors (Lipinski definition) is 2. The molecular formula is C11H22N2O3. The second-order valence-corrected chi connectivity index (χ2v) is 5.10. The summed E-state index contributed by atoms with van der Waals surface area (Å²) in [5, 5.41) is 12.3. The number of amides is 1. The van der Waals surface area contributed by atoms with E-state index in [2.05, 4.69) is 5.32 Å². The molecule has 0 aromatic carbocycles. The Morgan fingerprint density at radius 3 is 2.81 bits per heavy atom. The molecule has 1 heterocycles. The lowest BCUT2D eigenvalue weighted by Crippen LogP contribution is -2.54. The standard InChI is InChI=1S/C11H22N2O3/c1-11(2,3)12-6-10(15)13-4-5-16-8-9(13)7-14/h9,12,14H,4-8H2,1-3H3. The molecule has 1 fully saturated rings. The number of ether oxygens (including phenoxy) is 1. The van der Waals surface area contributed by atoms with Crippen molar-refractivity contribution in [3.05, 3.63) is 0 Å². The highest BCUT2D eigenvalue weighted by atomic mass is 16.5. The number of carbonyl (C=O) groups is 1. The summed E-state index contributed by atoms with van der Waals surface area (Å²) in [4.78, 5) is 13.6. The SMILES string of the molecule is CC(C)(C)NCC(=O)N1CCOCC1CO. The summed E-state index contributed by atoms with van der Waals surface area (Å²) in [7, 11) is 0. The highest BCUT2D eigenvalue weighted by molar-refractivity contribution is 5.78. The molecule has 0 spiro atoms. The maximum atomic E-state index is 11.9. The van der Waals surface area contributed by atoms with Crippen molar-refractivity contribution in [3.63, 3.8) is 0 Å². The molecule has 1 aliphatic heterocycles. The van der Waals surface area contributed by atoms with E-state index in [9.17, 15) is 4.79 Å². The van der Waals surface area contributed by atoms with E-state index in [1.165, 1.54) is 0 Å². The first kappa shape index (κ1) is 13.4. The van der Waals surface area contributed by atoms with Crippen LogP contribution in [-0.4, -0.2) is 60.4 Å². The largest absolute Gasteiger partial charge is 0.394 e. The van der Waals surface area contributed by atoms with Gasteiger partial charge in [-0.3, -0.25) is 4.79 Å². The van der Waals surface area contributed by atoms with E-state index in [4.69, 9.17) is 9.84 Å². The molecule has 0 aliphatic carbocycles. The van der Waals surface area contributed by atoms with Crippen molar-refractivity contribution < 1.29 is 14.6 Å². The Labute approximate surface area is 96.8 Å². The molecule has 5 heteroatoms. The molecule has 94 valence electrons. The third kappa shape index (κ3) is 4.08. The zero-order valence-corrected chi connectivity index (χ0v) is 10.3. The molecule has 1 amide bonds. The van der Waals surface area contributed by atoms with E-state index in [-0.39, 0.29) is 24.1 Å². The maximum Gasteiger partial charge on any atom is 0.237 e. The number of nitrogens with one attached hydrogen (secondary N) is 1. The summed E-state index contributed by atoms with van der Waals surface area (Å²) in [6, 6.07) is -0.192. The summed E-state index contributed by atoms with van der Waals surface area (Å²) >= 11 is 0. The van der Waals surface area contributed by atoms with Gasteiger partial charge in [-0.25, -0.2) is 0 Å². The first-order valence-corrected chi connectivity index (χ1v) is 5.67. The van der Waals surface area contributed by atoms with Crippen LogP contribution in [-0.2, 0) is 9.53 Å².